The molecule has 20 heavy (non-hydrogen) atoms. The lowest BCUT2D eigenvalue weighted by atomic mass is 9.88. The molecule has 3 N–H and O–H groups in total. The number of carboxylic acid groups (broad SMARTS) is 1. The molecule has 1 aromatic carbocycles. The Balaban J connectivity index is 2.62. The first-order valence-corrected chi connectivity index (χ1v) is 6.33. The molecule has 0 aliphatic carbocycles. The van der Waals surface area contributed by atoms with Crippen LogP contribution in [-0.4, -0.2) is 23.7 Å². The predicted octanol–water partition coefficient (Wildman–Crippen LogP) is 2.76. The number of aliphatic carboxylic acids is 1. The van der Waals surface area contributed by atoms with E-state index in [-0.39, 0.29) is 12.2 Å². The molecular formula is C14H19FN2O3. The van der Waals surface area contributed by atoms with E-state index >= 15 is 0 Å². The summed E-state index contributed by atoms with van der Waals surface area (Å²) in [4.78, 5) is 22.7. The molecule has 1 rings (SSSR count). The van der Waals surface area contributed by atoms with Crippen molar-refractivity contribution in [1.82, 2.24) is 5.32 Å². The molecule has 0 fully saturated rings. The van der Waals surface area contributed by atoms with Gasteiger partial charge >= 0.3 is 12.0 Å². The van der Waals surface area contributed by atoms with Gasteiger partial charge in [-0.2, -0.15) is 0 Å². The number of hydrogen-bond donors (Lipinski definition) is 3. The molecule has 1 aromatic rings. The van der Waals surface area contributed by atoms with Gasteiger partial charge in [-0.05, 0) is 38.0 Å². The summed E-state index contributed by atoms with van der Waals surface area (Å²) in [5.41, 5.74) is -0.233. The van der Waals surface area contributed by atoms with E-state index in [1.807, 2.05) is 0 Å². The van der Waals surface area contributed by atoms with Crippen molar-refractivity contribution in [2.45, 2.75) is 27.2 Å². The number of rotatable bonds is 5. The zero-order valence-electron chi connectivity index (χ0n) is 11.8. The summed E-state index contributed by atoms with van der Waals surface area (Å²) in [7, 11) is 0. The topological polar surface area (TPSA) is 78.4 Å². The van der Waals surface area contributed by atoms with Crippen LogP contribution < -0.4 is 10.6 Å². The maximum Gasteiger partial charge on any atom is 0.319 e. The van der Waals surface area contributed by atoms with Gasteiger partial charge in [-0.15, -0.1) is 0 Å². The van der Waals surface area contributed by atoms with E-state index < -0.39 is 23.2 Å². The minimum absolute atomic E-state index is 0.0296. The highest BCUT2D eigenvalue weighted by atomic mass is 19.1. The fourth-order valence-corrected chi connectivity index (χ4v) is 1.52. The average Bonchev–Trinajstić information content (AvgIpc) is 2.39. The minimum atomic E-state index is -1.04. The highest BCUT2D eigenvalue weighted by Crippen LogP contribution is 2.20. The molecule has 0 aromatic heterocycles. The highest BCUT2D eigenvalue weighted by molar-refractivity contribution is 5.89. The Labute approximate surface area is 117 Å². The lowest BCUT2D eigenvalue weighted by Crippen LogP contribution is -2.42. The van der Waals surface area contributed by atoms with Crippen LogP contribution in [0.1, 0.15) is 25.8 Å². The normalized spacial score (nSPS) is 13.4. The van der Waals surface area contributed by atoms with Crippen LogP contribution in [0.15, 0.2) is 18.2 Å². The Morgan fingerprint density at radius 3 is 2.55 bits per heavy atom. The quantitative estimate of drug-likeness (QED) is 0.777. The third kappa shape index (κ3) is 3.94. The van der Waals surface area contributed by atoms with Crippen molar-refractivity contribution in [2.75, 3.05) is 11.9 Å². The summed E-state index contributed by atoms with van der Waals surface area (Å²) in [6.07, 6.45) is 0.376. The van der Waals surface area contributed by atoms with E-state index in [0.29, 0.717) is 6.42 Å². The molecule has 0 bridgehead atoms. The van der Waals surface area contributed by atoms with Gasteiger partial charge in [0.1, 0.15) is 5.82 Å². The van der Waals surface area contributed by atoms with Gasteiger partial charge in [0.2, 0.25) is 0 Å². The van der Waals surface area contributed by atoms with E-state index in [2.05, 4.69) is 10.6 Å². The van der Waals surface area contributed by atoms with E-state index in [4.69, 9.17) is 5.11 Å². The van der Waals surface area contributed by atoms with Gasteiger partial charge in [0, 0.05) is 6.54 Å². The zero-order valence-corrected chi connectivity index (χ0v) is 11.8. The van der Waals surface area contributed by atoms with Crippen molar-refractivity contribution >= 4 is 17.7 Å². The molecule has 2 amide bonds. The van der Waals surface area contributed by atoms with E-state index in [9.17, 15) is 14.0 Å². The SMILES string of the molecule is CCC(C)(CNC(=O)Nc1ccc(C)cc1F)C(=O)O. The summed E-state index contributed by atoms with van der Waals surface area (Å²) in [6, 6.07) is 3.81. The van der Waals surface area contributed by atoms with Gasteiger partial charge in [0.25, 0.3) is 0 Å². The van der Waals surface area contributed by atoms with Crippen LogP contribution in [-0.2, 0) is 4.79 Å². The van der Waals surface area contributed by atoms with Crippen LogP contribution in [0.25, 0.3) is 0 Å². The number of benzene rings is 1. The monoisotopic (exact) mass is 282 g/mol. The molecule has 0 heterocycles. The van der Waals surface area contributed by atoms with Crippen LogP contribution in [0.5, 0.6) is 0 Å². The summed E-state index contributed by atoms with van der Waals surface area (Å²) in [6.45, 7) is 4.99. The van der Waals surface area contributed by atoms with E-state index in [1.165, 1.54) is 12.1 Å². The molecule has 1 atom stereocenters. The first-order chi connectivity index (χ1) is 9.28. The van der Waals surface area contributed by atoms with Crippen molar-refractivity contribution in [1.29, 1.82) is 0 Å². The Morgan fingerprint density at radius 1 is 1.40 bits per heavy atom. The van der Waals surface area contributed by atoms with Gasteiger partial charge in [0.05, 0.1) is 11.1 Å². The van der Waals surface area contributed by atoms with E-state index in [0.717, 1.165) is 5.56 Å². The number of hydrogen-bond acceptors (Lipinski definition) is 2. The number of halogens is 1. The lowest BCUT2D eigenvalue weighted by Gasteiger charge is -2.23. The second-order valence-electron chi connectivity index (χ2n) is 5.01. The number of amides is 2. The number of carbonyl (C=O) groups excluding carboxylic acids is 1. The zero-order chi connectivity index (χ0) is 15.3. The molecule has 0 spiro atoms. The number of nitrogens with one attached hydrogen (secondary N) is 2. The van der Waals surface area contributed by atoms with Crippen LogP contribution in [0.4, 0.5) is 14.9 Å². The van der Waals surface area contributed by atoms with Crippen molar-refractivity contribution in [3.63, 3.8) is 0 Å². The molecule has 0 saturated heterocycles. The molecule has 0 aliphatic heterocycles. The number of carboxylic acids is 1. The van der Waals surface area contributed by atoms with Crippen molar-refractivity contribution in [3.8, 4) is 0 Å². The molecule has 1 unspecified atom stereocenters. The molecule has 110 valence electrons. The molecule has 0 radical (unpaired) electrons. The molecule has 6 heteroatoms. The van der Waals surface area contributed by atoms with Gasteiger partial charge < -0.3 is 15.7 Å². The Bertz CT molecular complexity index is 519. The predicted molar refractivity (Wildman–Crippen MR) is 74.2 cm³/mol. The standard InChI is InChI=1S/C14H19FN2O3/c1-4-14(3,12(18)19)8-16-13(20)17-11-6-5-9(2)7-10(11)15/h5-7H,4,8H2,1-3H3,(H,18,19)(H2,16,17,20). The van der Waals surface area contributed by atoms with Crippen molar-refractivity contribution in [2.24, 2.45) is 5.41 Å². The van der Waals surface area contributed by atoms with Gasteiger partial charge in [-0.3, -0.25) is 4.79 Å². The summed E-state index contributed by atoms with van der Waals surface area (Å²) < 4.78 is 13.5. The first-order valence-electron chi connectivity index (χ1n) is 6.33. The Hall–Kier alpha value is -2.11. The Morgan fingerprint density at radius 2 is 2.05 bits per heavy atom. The average molecular weight is 282 g/mol. The van der Waals surface area contributed by atoms with Crippen LogP contribution in [0.2, 0.25) is 0 Å². The second kappa shape index (κ2) is 6.36. The fraction of sp³-hybridized carbons (Fsp3) is 0.429. The fourth-order valence-electron chi connectivity index (χ4n) is 1.52. The third-order valence-corrected chi connectivity index (χ3v) is 3.31. The van der Waals surface area contributed by atoms with Gasteiger partial charge in [-0.1, -0.05) is 13.0 Å². The van der Waals surface area contributed by atoms with Gasteiger partial charge in [0.15, 0.2) is 0 Å². The molecule has 5 nitrogen and oxygen atoms in total. The highest BCUT2D eigenvalue weighted by Gasteiger charge is 2.31. The van der Waals surface area contributed by atoms with E-state index in [1.54, 1.807) is 26.8 Å². The Kier molecular flexibility index (Phi) is 5.07. The summed E-state index contributed by atoms with van der Waals surface area (Å²) >= 11 is 0. The number of urea groups is 1. The van der Waals surface area contributed by atoms with Gasteiger partial charge in [-0.25, -0.2) is 9.18 Å². The van der Waals surface area contributed by atoms with Crippen molar-refractivity contribution in [3.05, 3.63) is 29.6 Å². The molecule has 0 aliphatic rings. The largest absolute Gasteiger partial charge is 0.481 e. The summed E-state index contributed by atoms with van der Waals surface area (Å²) in [5.74, 6) is -1.52. The van der Waals surface area contributed by atoms with Crippen LogP contribution in [0.3, 0.4) is 0 Å². The molecule has 0 saturated carbocycles. The van der Waals surface area contributed by atoms with Crippen molar-refractivity contribution < 1.29 is 19.1 Å². The lowest BCUT2D eigenvalue weighted by molar-refractivity contribution is -0.147. The molecular weight excluding hydrogens is 263 g/mol. The maximum atomic E-state index is 13.5. The number of aryl methyl sites for hydroxylation is 1. The summed E-state index contributed by atoms with van der Waals surface area (Å²) in [5, 5.41) is 13.9. The van der Waals surface area contributed by atoms with Crippen LogP contribution in [0, 0.1) is 18.2 Å². The maximum absolute atomic E-state index is 13.5. The van der Waals surface area contributed by atoms with Crippen LogP contribution >= 0.6 is 0 Å². The first kappa shape index (κ1) is 15.9. The smallest absolute Gasteiger partial charge is 0.319 e. The second-order valence-corrected chi connectivity index (χ2v) is 5.01. The minimum Gasteiger partial charge on any atom is -0.481 e. The third-order valence-electron chi connectivity index (χ3n) is 3.31. The number of carbonyl (C=O) groups is 2. The number of anilines is 1.